The van der Waals surface area contributed by atoms with Crippen molar-refractivity contribution in [1.29, 1.82) is 0 Å². The van der Waals surface area contributed by atoms with Crippen molar-refractivity contribution in [3.8, 4) is 0 Å². The number of para-hydroxylation sites is 1. The van der Waals surface area contributed by atoms with E-state index in [0.717, 1.165) is 35.0 Å². The van der Waals surface area contributed by atoms with Gasteiger partial charge in [-0.05, 0) is 57.8 Å². The first-order valence-electron chi connectivity index (χ1n) is 12.0. The van der Waals surface area contributed by atoms with E-state index in [1.165, 1.54) is 0 Å². The molecule has 1 aromatic heterocycles. The summed E-state index contributed by atoms with van der Waals surface area (Å²) in [4.78, 5) is 14.9. The molecule has 6 nitrogen and oxygen atoms in total. The Labute approximate surface area is 200 Å². The standard InChI is InChI=1S/C26H42N2O4Si/c1-25(2,3)31-24(29)27-16-12-15-22(32-33(8,9)26(4,5)6)23-20(17-27)19-13-10-11-14-21(19)28(23)18-30-7/h10-11,13-14,22H,12,15-18H2,1-9H3. The number of nitrogens with zero attached hydrogens (tertiary/aromatic N) is 2. The van der Waals surface area contributed by atoms with Gasteiger partial charge in [0.1, 0.15) is 12.3 Å². The summed E-state index contributed by atoms with van der Waals surface area (Å²) >= 11 is 0. The maximum atomic E-state index is 13.0. The van der Waals surface area contributed by atoms with Crippen molar-refractivity contribution >= 4 is 25.3 Å². The van der Waals surface area contributed by atoms with Gasteiger partial charge >= 0.3 is 6.09 Å². The molecule has 0 saturated carbocycles. The number of rotatable bonds is 4. The van der Waals surface area contributed by atoms with Crippen LogP contribution in [0.1, 0.15) is 71.7 Å². The number of carbonyl (C=O) groups excluding carboxylic acids is 1. The first-order chi connectivity index (χ1) is 15.2. The fourth-order valence-electron chi connectivity index (χ4n) is 4.20. The minimum Gasteiger partial charge on any atom is -0.444 e. The number of amides is 1. The van der Waals surface area contributed by atoms with Crippen LogP contribution in [-0.2, 0) is 27.2 Å². The highest BCUT2D eigenvalue weighted by Gasteiger charge is 2.41. The largest absolute Gasteiger partial charge is 0.444 e. The van der Waals surface area contributed by atoms with Crippen LogP contribution in [0.4, 0.5) is 4.79 Å². The fraction of sp³-hybridized carbons (Fsp3) is 0.654. The molecule has 0 N–H and O–H groups in total. The SMILES string of the molecule is COCn1c2c(c3ccccc31)CN(C(=O)OC(C)(C)C)CCCC2O[Si](C)(C)C(C)(C)C. The van der Waals surface area contributed by atoms with Crippen molar-refractivity contribution in [2.75, 3.05) is 13.7 Å². The monoisotopic (exact) mass is 474 g/mol. The number of benzene rings is 1. The number of ether oxygens (including phenoxy) is 2. The van der Waals surface area contributed by atoms with Crippen LogP contribution < -0.4 is 0 Å². The quantitative estimate of drug-likeness (QED) is 0.455. The van der Waals surface area contributed by atoms with E-state index in [0.29, 0.717) is 19.8 Å². The third-order valence-electron chi connectivity index (χ3n) is 6.82. The number of carbonyl (C=O) groups is 1. The van der Waals surface area contributed by atoms with Crippen molar-refractivity contribution < 1.29 is 18.7 Å². The van der Waals surface area contributed by atoms with Crippen LogP contribution in [0.2, 0.25) is 18.1 Å². The highest BCUT2D eigenvalue weighted by molar-refractivity contribution is 6.74. The summed E-state index contributed by atoms with van der Waals surface area (Å²) < 4.78 is 20.6. The molecule has 1 unspecified atom stereocenters. The van der Waals surface area contributed by atoms with E-state index in [4.69, 9.17) is 13.9 Å². The van der Waals surface area contributed by atoms with E-state index in [2.05, 4.69) is 62.7 Å². The number of fused-ring (bicyclic) bond motifs is 3. The van der Waals surface area contributed by atoms with Crippen molar-refractivity contribution in [1.82, 2.24) is 9.47 Å². The summed E-state index contributed by atoms with van der Waals surface area (Å²) in [6.45, 7) is 18.8. The third kappa shape index (κ3) is 5.64. The Morgan fingerprint density at radius 2 is 1.79 bits per heavy atom. The highest BCUT2D eigenvalue weighted by Crippen LogP contribution is 2.44. The second-order valence-corrected chi connectivity index (χ2v) is 16.4. The molecule has 1 aromatic carbocycles. The molecule has 0 fully saturated rings. The van der Waals surface area contributed by atoms with E-state index in [9.17, 15) is 4.79 Å². The molecule has 2 heterocycles. The van der Waals surface area contributed by atoms with E-state index < -0.39 is 13.9 Å². The molecule has 1 atom stereocenters. The number of methoxy groups -OCH3 is 1. The van der Waals surface area contributed by atoms with E-state index >= 15 is 0 Å². The second kappa shape index (κ2) is 9.43. The van der Waals surface area contributed by atoms with Crippen LogP contribution in [0.3, 0.4) is 0 Å². The summed E-state index contributed by atoms with van der Waals surface area (Å²) in [5, 5.41) is 1.25. The lowest BCUT2D eigenvalue weighted by molar-refractivity contribution is 0.0209. The molecular formula is C26H42N2O4Si. The van der Waals surface area contributed by atoms with Crippen molar-refractivity contribution in [2.24, 2.45) is 0 Å². The lowest BCUT2D eigenvalue weighted by Gasteiger charge is -2.40. The van der Waals surface area contributed by atoms with Gasteiger partial charge in [0.25, 0.3) is 0 Å². The first kappa shape index (κ1) is 25.8. The molecule has 0 bridgehead atoms. The number of hydrogen-bond acceptors (Lipinski definition) is 4. The van der Waals surface area contributed by atoms with E-state index in [-0.39, 0.29) is 17.2 Å². The summed E-state index contributed by atoms with van der Waals surface area (Å²) in [6.07, 6.45) is 1.40. The summed E-state index contributed by atoms with van der Waals surface area (Å²) in [6, 6.07) is 8.37. The van der Waals surface area contributed by atoms with Crippen LogP contribution in [0.5, 0.6) is 0 Å². The van der Waals surface area contributed by atoms with Gasteiger partial charge in [-0.25, -0.2) is 4.79 Å². The number of hydrogen-bond donors (Lipinski definition) is 0. The Balaban J connectivity index is 2.13. The molecule has 0 radical (unpaired) electrons. The van der Waals surface area contributed by atoms with Gasteiger partial charge in [0.05, 0.1) is 23.9 Å². The van der Waals surface area contributed by atoms with Crippen molar-refractivity contribution in [2.45, 2.75) is 97.5 Å². The zero-order valence-electron chi connectivity index (χ0n) is 21.9. The predicted octanol–water partition coefficient (Wildman–Crippen LogP) is 6.84. The summed E-state index contributed by atoms with van der Waals surface area (Å²) in [5.41, 5.74) is 2.85. The Kier molecular flexibility index (Phi) is 7.37. The average Bonchev–Trinajstić information content (AvgIpc) is 2.95. The summed E-state index contributed by atoms with van der Waals surface area (Å²) in [5.74, 6) is 0. The van der Waals surface area contributed by atoms with Gasteiger partial charge in [-0.3, -0.25) is 0 Å². The molecule has 1 aliphatic heterocycles. The molecular weight excluding hydrogens is 432 g/mol. The minimum atomic E-state index is -2.02. The Morgan fingerprint density at radius 1 is 1.12 bits per heavy atom. The van der Waals surface area contributed by atoms with Crippen molar-refractivity contribution in [3.63, 3.8) is 0 Å². The maximum Gasteiger partial charge on any atom is 0.410 e. The molecule has 0 aliphatic carbocycles. The minimum absolute atomic E-state index is 0.0378. The highest BCUT2D eigenvalue weighted by atomic mass is 28.4. The van der Waals surface area contributed by atoms with Gasteiger partial charge in [-0.1, -0.05) is 39.0 Å². The van der Waals surface area contributed by atoms with E-state index in [1.807, 2.05) is 25.7 Å². The van der Waals surface area contributed by atoms with E-state index in [1.54, 1.807) is 7.11 Å². The Morgan fingerprint density at radius 3 is 2.39 bits per heavy atom. The van der Waals surface area contributed by atoms with Gasteiger partial charge in [-0.15, -0.1) is 0 Å². The molecule has 3 rings (SSSR count). The van der Waals surface area contributed by atoms with Crippen molar-refractivity contribution in [3.05, 3.63) is 35.5 Å². The zero-order chi connectivity index (χ0) is 24.6. The maximum absolute atomic E-state index is 13.0. The average molecular weight is 475 g/mol. The molecule has 7 heteroatoms. The third-order valence-corrected chi connectivity index (χ3v) is 11.3. The van der Waals surface area contributed by atoms with Gasteiger partial charge in [0.15, 0.2) is 8.32 Å². The van der Waals surface area contributed by atoms with Crippen LogP contribution >= 0.6 is 0 Å². The first-order valence-corrected chi connectivity index (χ1v) is 14.9. The zero-order valence-corrected chi connectivity index (χ0v) is 22.9. The lowest BCUT2D eigenvalue weighted by atomic mass is 10.0. The Hall–Kier alpha value is -1.83. The van der Waals surface area contributed by atoms with Gasteiger partial charge in [-0.2, -0.15) is 0 Å². The molecule has 0 saturated heterocycles. The summed E-state index contributed by atoms with van der Waals surface area (Å²) in [7, 11) is -0.301. The second-order valence-electron chi connectivity index (χ2n) is 11.6. The number of aromatic nitrogens is 1. The predicted molar refractivity (Wildman–Crippen MR) is 136 cm³/mol. The van der Waals surface area contributed by atoms with Gasteiger partial charge < -0.3 is 23.4 Å². The lowest BCUT2D eigenvalue weighted by Crippen LogP contribution is -2.43. The van der Waals surface area contributed by atoms with Crippen LogP contribution in [-0.4, -0.2) is 43.1 Å². The molecule has 1 aliphatic rings. The van der Waals surface area contributed by atoms with Crippen LogP contribution in [0.25, 0.3) is 10.9 Å². The Bertz CT molecular complexity index is 985. The van der Waals surface area contributed by atoms with Gasteiger partial charge in [0, 0.05) is 24.6 Å². The normalized spacial score (nSPS) is 18.1. The topological polar surface area (TPSA) is 52.9 Å². The molecule has 184 valence electrons. The molecule has 33 heavy (non-hydrogen) atoms. The van der Waals surface area contributed by atoms with Crippen LogP contribution in [0.15, 0.2) is 24.3 Å². The van der Waals surface area contributed by atoms with Crippen LogP contribution in [0, 0.1) is 0 Å². The fourth-order valence-corrected chi connectivity index (χ4v) is 5.50. The molecule has 0 spiro atoms. The molecule has 2 aromatic rings. The van der Waals surface area contributed by atoms with Gasteiger partial charge in [0.2, 0.25) is 0 Å². The smallest absolute Gasteiger partial charge is 0.410 e. The molecule has 1 amide bonds.